The molecule has 0 aliphatic carbocycles. The molecule has 0 spiro atoms. The third kappa shape index (κ3) is 3.19. The normalized spacial score (nSPS) is 30.2. The Morgan fingerprint density at radius 3 is 2.50 bits per heavy atom. The Morgan fingerprint density at radius 1 is 1.19 bits per heavy atom. The first kappa shape index (κ1) is 12.3. The Morgan fingerprint density at radius 2 is 1.88 bits per heavy atom. The van der Waals surface area contributed by atoms with E-state index < -0.39 is 5.60 Å². The van der Waals surface area contributed by atoms with Crippen LogP contribution in [0.25, 0.3) is 0 Å². The zero-order valence-corrected chi connectivity index (χ0v) is 10.8. The van der Waals surface area contributed by atoms with Gasteiger partial charge in [-0.2, -0.15) is 0 Å². The molecule has 2 fully saturated rings. The molecule has 2 rings (SSSR count). The molecule has 0 radical (unpaired) electrons. The lowest BCUT2D eigenvalue weighted by Gasteiger charge is -2.43. The number of nitrogens with one attached hydrogen (secondary N) is 1. The molecular weight excluding hydrogens is 200 g/mol. The second-order valence-electron chi connectivity index (χ2n) is 6.45. The summed E-state index contributed by atoms with van der Waals surface area (Å²) in [6.45, 7) is 9.79. The number of hydrogen-bond acceptors (Lipinski definition) is 3. The van der Waals surface area contributed by atoms with Gasteiger partial charge in [-0.15, -0.1) is 0 Å². The fourth-order valence-corrected chi connectivity index (χ4v) is 3.15. The second-order valence-corrected chi connectivity index (χ2v) is 6.45. The molecule has 0 aromatic rings. The van der Waals surface area contributed by atoms with Crippen LogP contribution in [-0.2, 0) is 0 Å². The van der Waals surface area contributed by atoms with Crippen molar-refractivity contribution in [2.75, 3.05) is 32.7 Å². The molecule has 2 saturated heterocycles. The zero-order chi connectivity index (χ0) is 11.6. The molecule has 0 amide bonds. The van der Waals surface area contributed by atoms with Gasteiger partial charge >= 0.3 is 0 Å². The largest absolute Gasteiger partial charge is 0.388 e. The molecular formula is C13H26N2O. The topological polar surface area (TPSA) is 35.5 Å². The molecule has 3 nitrogen and oxygen atoms in total. The molecule has 2 aliphatic heterocycles. The van der Waals surface area contributed by atoms with Crippen LogP contribution in [0.2, 0.25) is 0 Å². The monoisotopic (exact) mass is 226 g/mol. The SMILES string of the molecule is CC1(C)CCCN(CC2(O)CCNCC2)C1. The number of piperidine rings is 2. The van der Waals surface area contributed by atoms with Gasteiger partial charge in [0.05, 0.1) is 5.60 Å². The molecule has 0 atom stereocenters. The third-order valence-corrected chi connectivity index (χ3v) is 4.03. The molecule has 2 N–H and O–H groups in total. The van der Waals surface area contributed by atoms with Gasteiger partial charge in [-0.25, -0.2) is 0 Å². The van der Waals surface area contributed by atoms with E-state index in [0.717, 1.165) is 39.0 Å². The Bertz CT molecular complexity index is 234. The molecule has 0 aromatic carbocycles. The fourth-order valence-electron chi connectivity index (χ4n) is 3.15. The lowest BCUT2D eigenvalue weighted by molar-refractivity contribution is -0.0362. The number of nitrogens with zero attached hydrogens (tertiary/aromatic N) is 1. The standard InChI is InChI=1S/C13H26N2O/c1-12(2)4-3-9-15(10-12)11-13(16)5-7-14-8-6-13/h14,16H,3-11H2,1-2H3. The summed E-state index contributed by atoms with van der Waals surface area (Å²) >= 11 is 0. The van der Waals surface area contributed by atoms with E-state index >= 15 is 0 Å². The maximum absolute atomic E-state index is 10.5. The van der Waals surface area contributed by atoms with Crippen molar-refractivity contribution in [3.05, 3.63) is 0 Å². The quantitative estimate of drug-likeness (QED) is 0.743. The van der Waals surface area contributed by atoms with Crippen LogP contribution in [0, 0.1) is 5.41 Å². The zero-order valence-electron chi connectivity index (χ0n) is 10.8. The van der Waals surface area contributed by atoms with Gasteiger partial charge in [0, 0.05) is 13.1 Å². The summed E-state index contributed by atoms with van der Waals surface area (Å²) in [7, 11) is 0. The van der Waals surface area contributed by atoms with Crippen molar-refractivity contribution in [3.8, 4) is 0 Å². The van der Waals surface area contributed by atoms with Gasteiger partial charge in [0.15, 0.2) is 0 Å². The first-order valence-corrected chi connectivity index (χ1v) is 6.65. The third-order valence-electron chi connectivity index (χ3n) is 4.03. The van der Waals surface area contributed by atoms with Crippen LogP contribution in [0.3, 0.4) is 0 Å². The predicted molar refractivity (Wildman–Crippen MR) is 66.5 cm³/mol. The van der Waals surface area contributed by atoms with Gasteiger partial charge < -0.3 is 10.4 Å². The Hall–Kier alpha value is -0.120. The Kier molecular flexibility index (Phi) is 3.57. The van der Waals surface area contributed by atoms with Crippen molar-refractivity contribution in [3.63, 3.8) is 0 Å². The van der Waals surface area contributed by atoms with E-state index in [2.05, 4.69) is 24.1 Å². The fraction of sp³-hybridized carbons (Fsp3) is 1.00. The van der Waals surface area contributed by atoms with E-state index in [1.807, 2.05) is 0 Å². The molecule has 0 aromatic heterocycles. The second kappa shape index (κ2) is 4.63. The van der Waals surface area contributed by atoms with E-state index in [-0.39, 0.29) is 0 Å². The van der Waals surface area contributed by atoms with Gasteiger partial charge in [-0.1, -0.05) is 13.8 Å². The molecule has 16 heavy (non-hydrogen) atoms. The van der Waals surface area contributed by atoms with Gasteiger partial charge in [0.1, 0.15) is 0 Å². The Balaban J connectivity index is 1.88. The van der Waals surface area contributed by atoms with Gasteiger partial charge in [-0.05, 0) is 50.7 Å². The number of β-amino-alcohol motifs (C(OH)–C–C–N with tert-alkyl or cyclic N) is 1. The molecule has 3 heteroatoms. The van der Waals surface area contributed by atoms with Crippen LogP contribution < -0.4 is 5.32 Å². The van der Waals surface area contributed by atoms with E-state index in [0.29, 0.717) is 5.41 Å². The summed E-state index contributed by atoms with van der Waals surface area (Å²) in [5, 5.41) is 13.8. The van der Waals surface area contributed by atoms with Crippen molar-refractivity contribution in [2.24, 2.45) is 5.41 Å². The van der Waals surface area contributed by atoms with Crippen LogP contribution in [0.5, 0.6) is 0 Å². The average Bonchev–Trinajstić information content (AvgIpc) is 2.16. The van der Waals surface area contributed by atoms with Crippen molar-refractivity contribution in [1.82, 2.24) is 10.2 Å². The van der Waals surface area contributed by atoms with Crippen molar-refractivity contribution in [2.45, 2.75) is 45.1 Å². The summed E-state index contributed by atoms with van der Waals surface area (Å²) < 4.78 is 0. The highest BCUT2D eigenvalue weighted by Gasteiger charge is 2.34. The number of likely N-dealkylation sites (tertiary alicyclic amines) is 1. The molecule has 0 unspecified atom stereocenters. The van der Waals surface area contributed by atoms with E-state index in [1.165, 1.54) is 19.4 Å². The van der Waals surface area contributed by atoms with Crippen LogP contribution in [0.1, 0.15) is 39.5 Å². The predicted octanol–water partition coefficient (Wildman–Crippen LogP) is 1.22. The van der Waals surface area contributed by atoms with Crippen LogP contribution in [0.4, 0.5) is 0 Å². The summed E-state index contributed by atoms with van der Waals surface area (Å²) in [5.74, 6) is 0. The van der Waals surface area contributed by atoms with Gasteiger partial charge in [0.25, 0.3) is 0 Å². The number of aliphatic hydroxyl groups is 1. The minimum atomic E-state index is -0.432. The minimum Gasteiger partial charge on any atom is -0.388 e. The highest BCUT2D eigenvalue weighted by atomic mass is 16.3. The van der Waals surface area contributed by atoms with E-state index in [4.69, 9.17) is 0 Å². The average molecular weight is 226 g/mol. The van der Waals surface area contributed by atoms with Gasteiger partial charge in [-0.3, -0.25) is 4.90 Å². The summed E-state index contributed by atoms with van der Waals surface area (Å²) in [6, 6.07) is 0. The summed E-state index contributed by atoms with van der Waals surface area (Å²) in [6.07, 6.45) is 4.42. The van der Waals surface area contributed by atoms with Crippen molar-refractivity contribution in [1.29, 1.82) is 0 Å². The first-order valence-electron chi connectivity index (χ1n) is 6.65. The lowest BCUT2D eigenvalue weighted by Crippen LogP contribution is -2.52. The summed E-state index contributed by atoms with van der Waals surface area (Å²) in [4.78, 5) is 2.47. The molecule has 0 saturated carbocycles. The lowest BCUT2D eigenvalue weighted by atomic mass is 9.83. The number of rotatable bonds is 2. The van der Waals surface area contributed by atoms with E-state index in [9.17, 15) is 5.11 Å². The number of hydrogen-bond donors (Lipinski definition) is 2. The Labute approximate surface area is 99.2 Å². The van der Waals surface area contributed by atoms with Gasteiger partial charge in [0.2, 0.25) is 0 Å². The van der Waals surface area contributed by atoms with Crippen molar-refractivity contribution < 1.29 is 5.11 Å². The van der Waals surface area contributed by atoms with Crippen molar-refractivity contribution >= 4 is 0 Å². The molecule has 2 aliphatic rings. The van der Waals surface area contributed by atoms with Crippen LogP contribution in [-0.4, -0.2) is 48.3 Å². The van der Waals surface area contributed by atoms with E-state index in [1.54, 1.807) is 0 Å². The molecule has 0 bridgehead atoms. The van der Waals surface area contributed by atoms with Crippen LogP contribution >= 0.6 is 0 Å². The molecule has 2 heterocycles. The van der Waals surface area contributed by atoms with Crippen LogP contribution in [0.15, 0.2) is 0 Å². The first-order chi connectivity index (χ1) is 7.49. The highest BCUT2D eigenvalue weighted by Crippen LogP contribution is 2.30. The molecule has 94 valence electrons. The minimum absolute atomic E-state index is 0.432. The maximum Gasteiger partial charge on any atom is 0.0798 e. The summed E-state index contributed by atoms with van der Waals surface area (Å²) in [5.41, 5.74) is 0.000195. The maximum atomic E-state index is 10.5. The highest BCUT2D eigenvalue weighted by molar-refractivity contribution is 4.90. The smallest absolute Gasteiger partial charge is 0.0798 e.